The van der Waals surface area contributed by atoms with Crippen molar-refractivity contribution in [2.75, 3.05) is 12.8 Å². The SMILES string of the molecule is COC(=O)c1ccc(S(=O)(=O)Cc2cccc(N)c2)c(C#Cc2ccc(F)cc2)c1. The molecular weight excluding hydrogens is 405 g/mol. The highest BCUT2D eigenvalue weighted by molar-refractivity contribution is 7.90. The molecule has 0 aliphatic heterocycles. The van der Waals surface area contributed by atoms with Crippen molar-refractivity contribution in [3.63, 3.8) is 0 Å². The number of nitrogen functional groups attached to an aromatic ring is 1. The Morgan fingerprint density at radius 3 is 2.43 bits per heavy atom. The van der Waals surface area contributed by atoms with Crippen LogP contribution in [0.1, 0.15) is 27.0 Å². The maximum Gasteiger partial charge on any atom is 0.337 e. The Kier molecular flexibility index (Phi) is 6.19. The van der Waals surface area contributed by atoms with Crippen molar-refractivity contribution >= 4 is 21.5 Å². The molecule has 2 N–H and O–H groups in total. The van der Waals surface area contributed by atoms with Gasteiger partial charge in [-0.1, -0.05) is 24.0 Å². The molecule has 152 valence electrons. The number of hydrogen-bond donors (Lipinski definition) is 1. The van der Waals surface area contributed by atoms with Gasteiger partial charge in [-0.3, -0.25) is 0 Å². The van der Waals surface area contributed by atoms with Crippen LogP contribution < -0.4 is 5.73 Å². The van der Waals surface area contributed by atoms with E-state index in [0.717, 1.165) is 0 Å². The predicted molar refractivity (Wildman–Crippen MR) is 112 cm³/mol. The Morgan fingerprint density at radius 2 is 1.77 bits per heavy atom. The van der Waals surface area contributed by atoms with E-state index in [4.69, 9.17) is 10.5 Å². The number of rotatable bonds is 4. The third-order valence-electron chi connectivity index (χ3n) is 4.23. The highest BCUT2D eigenvalue weighted by Gasteiger charge is 2.21. The minimum absolute atomic E-state index is 0.0211. The highest BCUT2D eigenvalue weighted by atomic mass is 32.2. The van der Waals surface area contributed by atoms with Gasteiger partial charge in [0, 0.05) is 16.8 Å². The number of esters is 1. The lowest BCUT2D eigenvalue weighted by molar-refractivity contribution is 0.0600. The number of carbonyl (C=O) groups is 1. The second-order valence-electron chi connectivity index (χ2n) is 6.46. The number of carbonyl (C=O) groups excluding carboxylic acids is 1. The molecule has 0 atom stereocenters. The maximum absolute atomic E-state index is 13.1. The molecule has 0 aromatic heterocycles. The van der Waals surface area contributed by atoms with Gasteiger partial charge < -0.3 is 10.5 Å². The summed E-state index contributed by atoms with van der Waals surface area (Å²) in [5.74, 6) is 4.30. The van der Waals surface area contributed by atoms with E-state index in [1.807, 2.05) is 0 Å². The molecule has 0 aliphatic carbocycles. The summed E-state index contributed by atoms with van der Waals surface area (Å²) in [5, 5.41) is 0. The maximum atomic E-state index is 13.1. The van der Waals surface area contributed by atoms with Gasteiger partial charge in [0.2, 0.25) is 0 Å². The molecule has 5 nitrogen and oxygen atoms in total. The van der Waals surface area contributed by atoms with Gasteiger partial charge in [-0.25, -0.2) is 17.6 Å². The van der Waals surface area contributed by atoms with Crippen molar-refractivity contribution in [1.29, 1.82) is 0 Å². The number of sulfone groups is 1. The molecule has 0 spiro atoms. The van der Waals surface area contributed by atoms with Crippen LogP contribution in [0.15, 0.2) is 71.6 Å². The summed E-state index contributed by atoms with van der Waals surface area (Å²) in [6.45, 7) is 0. The molecule has 0 heterocycles. The van der Waals surface area contributed by atoms with Gasteiger partial charge in [0.1, 0.15) is 5.82 Å². The molecule has 0 fully saturated rings. The van der Waals surface area contributed by atoms with Gasteiger partial charge in [-0.15, -0.1) is 0 Å². The third kappa shape index (κ3) is 5.04. The van der Waals surface area contributed by atoms with Crippen molar-refractivity contribution in [2.24, 2.45) is 0 Å². The van der Waals surface area contributed by atoms with Gasteiger partial charge >= 0.3 is 5.97 Å². The fourth-order valence-electron chi connectivity index (χ4n) is 2.80. The molecular formula is C23H18FNO4S. The average Bonchev–Trinajstić information content (AvgIpc) is 2.72. The van der Waals surface area contributed by atoms with E-state index in [2.05, 4.69) is 11.8 Å². The normalized spacial score (nSPS) is 10.7. The summed E-state index contributed by atoms with van der Waals surface area (Å²) < 4.78 is 43.9. The number of nitrogens with two attached hydrogens (primary N) is 1. The van der Waals surface area contributed by atoms with Crippen LogP contribution in [0.2, 0.25) is 0 Å². The zero-order chi connectivity index (χ0) is 21.7. The van der Waals surface area contributed by atoms with Gasteiger partial charge in [0.05, 0.1) is 23.3 Å². The highest BCUT2D eigenvalue weighted by Crippen LogP contribution is 2.23. The fraction of sp³-hybridized carbons (Fsp3) is 0.0870. The molecule has 0 radical (unpaired) electrons. The van der Waals surface area contributed by atoms with Gasteiger partial charge in [-0.2, -0.15) is 0 Å². The first-order chi connectivity index (χ1) is 14.3. The van der Waals surface area contributed by atoms with Crippen molar-refractivity contribution in [3.05, 3.63) is 94.8 Å². The first-order valence-corrected chi connectivity index (χ1v) is 10.5. The van der Waals surface area contributed by atoms with Gasteiger partial charge in [-0.05, 0) is 60.2 Å². The third-order valence-corrected chi connectivity index (χ3v) is 5.97. The molecule has 3 aromatic rings. The quantitative estimate of drug-likeness (QED) is 0.394. The molecule has 0 saturated carbocycles. The number of methoxy groups -OCH3 is 1. The summed E-state index contributed by atoms with van der Waals surface area (Å²) in [7, 11) is -2.56. The molecule has 0 aliphatic rings. The van der Waals surface area contributed by atoms with E-state index in [1.165, 1.54) is 49.6 Å². The second kappa shape index (κ2) is 8.80. The minimum Gasteiger partial charge on any atom is -0.465 e. The monoisotopic (exact) mass is 423 g/mol. The Morgan fingerprint density at radius 1 is 1.03 bits per heavy atom. The summed E-state index contributed by atoms with van der Waals surface area (Å²) in [6, 6.07) is 16.2. The van der Waals surface area contributed by atoms with Crippen LogP contribution in [0.5, 0.6) is 0 Å². The Labute approximate surface area is 174 Å². The van der Waals surface area contributed by atoms with Crippen LogP contribution in [0.4, 0.5) is 10.1 Å². The lowest BCUT2D eigenvalue weighted by Gasteiger charge is -2.09. The number of ether oxygens (including phenoxy) is 1. The molecule has 30 heavy (non-hydrogen) atoms. The Balaban J connectivity index is 2.07. The van der Waals surface area contributed by atoms with Crippen LogP contribution in [0.25, 0.3) is 0 Å². The topological polar surface area (TPSA) is 86.5 Å². The number of halogens is 1. The van der Waals surface area contributed by atoms with Gasteiger partial charge in [0.15, 0.2) is 9.84 Å². The van der Waals surface area contributed by atoms with Crippen LogP contribution in [-0.2, 0) is 20.3 Å². The summed E-state index contributed by atoms with van der Waals surface area (Å²) in [4.78, 5) is 11.9. The molecule has 7 heteroatoms. The van der Waals surface area contributed by atoms with E-state index in [0.29, 0.717) is 16.8 Å². The number of anilines is 1. The number of benzene rings is 3. The summed E-state index contributed by atoms with van der Waals surface area (Å²) >= 11 is 0. The molecule has 0 bridgehead atoms. The van der Waals surface area contributed by atoms with Crippen LogP contribution in [0, 0.1) is 17.7 Å². The largest absolute Gasteiger partial charge is 0.465 e. The summed E-state index contributed by atoms with van der Waals surface area (Å²) in [6.07, 6.45) is 0. The molecule has 0 saturated heterocycles. The second-order valence-corrected chi connectivity index (χ2v) is 8.42. The Bertz CT molecular complexity index is 1260. The van der Waals surface area contributed by atoms with Crippen molar-refractivity contribution < 1.29 is 22.3 Å². The average molecular weight is 423 g/mol. The first kappa shape index (κ1) is 21.1. The Hall–Kier alpha value is -3.63. The van der Waals surface area contributed by atoms with E-state index in [-0.39, 0.29) is 21.8 Å². The predicted octanol–water partition coefficient (Wildman–Crippen LogP) is 3.57. The lowest BCUT2D eigenvalue weighted by Crippen LogP contribution is -2.09. The van der Waals surface area contributed by atoms with E-state index in [9.17, 15) is 17.6 Å². The smallest absolute Gasteiger partial charge is 0.337 e. The minimum atomic E-state index is -3.79. The van der Waals surface area contributed by atoms with Crippen LogP contribution in [-0.4, -0.2) is 21.5 Å². The molecule has 3 rings (SSSR count). The zero-order valence-electron chi connectivity index (χ0n) is 16.1. The lowest BCUT2D eigenvalue weighted by atomic mass is 10.1. The first-order valence-electron chi connectivity index (χ1n) is 8.85. The van der Waals surface area contributed by atoms with Crippen molar-refractivity contribution in [3.8, 4) is 11.8 Å². The standard InChI is InChI=1S/C23H18FNO4S/c1-29-23(26)19-9-12-22(30(27,28)15-17-3-2-4-21(25)13-17)18(14-19)8-5-16-6-10-20(24)11-7-16/h2-4,6-7,9-14H,15,25H2,1H3. The molecule has 0 unspecified atom stereocenters. The molecule has 0 amide bonds. The molecule has 3 aromatic carbocycles. The number of hydrogen-bond acceptors (Lipinski definition) is 5. The van der Waals surface area contributed by atoms with E-state index in [1.54, 1.807) is 24.3 Å². The van der Waals surface area contributed by atoms with Gasteiger partial charge in [0.25, 0.3) is 0 Å². The van der Waals surface area contributed by atoms with Crippen LogP contribution in [0.3, 0.4) is 0 Å². The van der Waals surface area contributed by atoms with Crippen molar-refractivity contribution in [1.82, 2.24) is 0 Å². The van der Waals surface area contributed by atoms with E-state index < -0.39 is 21.6 Å². The van der Waals surface area contributed by atoms with Crippen molar-refractivity contribution in [2.45, 2.75) is 10.6 Å². The van der Waals surface area contributed by atoms with Crippen LogP contribution >= 0.6 is 0 Å². The fourth-order valence-corrected chi connectivity index (χ4v) is 4.29. The summed E-state index contributed by atoms with van der Waals surface area (Å²) in [5.41, 5.74) is 7.55. The van der Waals surface area contributed by atoms with E-state index >= 15 is 0 Å². The zero-order valence-corrected chi connectivity index (χ0v) is 16.9.